The summed E-state index contributed by atoms with van der Waals surface area (Å²) in [7, 11) is 1.94. The van der Waals surface area contributed by atoms with Crippen molar-refractivity contribution in [3.05, 3.63) is 45.8 Å². The molecule has 0 spiro atoms. The fourth-order valence-electron chi connectivity index (χ4n) is 2.08. The van der Waals surface area contributed by atoms with Crippen LogP contribution in [0, 0.1) is 18.3 Å². The zero-order valence-corrected chi connectivity index (χ0v) is 11.1. The predicted molar refractivity (Wildman–Crippen MR) is 73.8 cm³/mol. The number of nitrogens with zero attached hydrogens (tertiary/aromatic N) is 2. The molecule has 0 N–H and O–H groups in total. The van der Waals surface area contributed by atoms with Crippen molar-refractivity contribution in [1.82, 2.24) is 4.90 Å². The molecule has 0 amide bonds. The van der Waals surface area contributed by atoms with Crippen molar-refractivity contribution in [2.45, 2.75) is 19.9 Å². The first-order valence-electron chi connectivity index (χ1n) is 6.19. The molecule has 4 heteroatoms. The molecule has 4 nitrogen and oxygen atoms in total. The minimum Gasteiger partial charge on any atom is -0.423 e. The molecular formula is C15H16N2O2. The van der Waals surface area contributed by atoms with E-state index in [1.807, 2.05) is 37.1 Å². The van der Waals surface area contributed by atoms with Crippen LogP contribution in [-0.2, 0) is 6.54 Å². The van der Waals surface area contributed by atoms with Crippen LogP contribution in [0.2, 0.25) is 0 Å². The van der Waals surface area contributed by atoms with E-state index in [0.29, 0.717) is 25.1 Å². The third kappa shape index (κ3) is 3.21. The second-order valence-corrected chi connectivity index (χ2v) is 4.74. The number of aryl methyl sites for hydroxylation is 1. The number of hydrogen-bond acceptors (Lipinski definition) is 4. The van der Waals surface area contributed by atoms with Crippen molar-refractivity contribution in [2.75, 3.05) is 13.6 Å². The van der Waals surface area contributed by atoms with Gasteiger partial charge in [-0.1, -0.05) is 12.1 Å². The Hall–Kier alpha value is -2.12. The van der Waals surface area contributed by atoms with Gasteiger partial charge in [-0.3, -0.25) is 0 Å². The van der Waals surface area contributed by atoms with Crippen molar-refractivity contribution in [3.63, 3.8) is 0 Å². The van der Waals surface area contributed by atoms with E-state index in [1.54, 1.807) is 0 Å². The first-order chi connectivity index (χ1) is 9.10. The molecule has 0 bridgehead atoms. The molecule has 0 saturated heterocycles. The average Bonchev–Trinajstić information content (AvgIpc) is 2.35. The van der Waals surface area contributed by atoms with Crippen LogP contribution in [0.3, 0.4) is 0 Å². The number of nitriles is 1. The molecule has 2 rings (SSSR count). The monoisotopic (exact) mass is 256 g/mol. The standard InChI is InChI=1S/C15H16N2O2/c1-11-4-5-13-12(10-17(2)7-3-6-16)9-15(18)19-14(13)8-11/h4-5,8-9H,3,7,10H2,1-2H3. The second kappa shape index (κ2) is 5.68. The predicted octanol–water partition coefficient (Wildman–Crippen LogP) is 2.45. The molecule has 0 aliphatic carbocycles. The van der Waals surface area contributed by atoms with E-state index in [4.69, 9.17) is 9.68 Å². The molecule has 1 aromatic carbocycles. The summed E-state index contributed by atoms with van der Waals surface area (Å²) in [5.41, 5.74) is 2.29. The topological polar surface area (TPSA) is 57.2 Å². The Bertz CT molecular complexity index is 683. The van der Waals surface area contributed by atoms with Crippen molar-refractivity contribution in [2.24, 2.45) is 0 Å². The van der Waals surface area contributed by atoms with Crippen molar-refractivity contribution in [1.29, 1.82) is 5.26 Å². The molecule has 1 heterocycles. The summed E-state index contributed by atoms with van der Waals surface area (Å²) in [4.78, 5) is 13.6. The maximum atomic E-state index is 11.6. The molecule has 98 valence electrons. The van der Waals surface area contributed by atoms with Crippen molar-refractivity contribution in [3.8, 4) is 6.07 Å². The molecule has 0 unspecified atom stereocenters. The normalized spacial score (nSPS) is 10.8. The van der Waals surface area contributed by atoms with Gasteiger partial charge in [0.15, 0.2) is 0 Å². The lowest BCUT2D eigenvalue weighted by molar-refractivity contribution is 0.335. The maximum absolute atomic E-state index is 11.6. The fourth-order valence-corrected chi connectivity index (χ4v) is 2.08. The summed E-state index contributed by atoms with van der Waals surface area (Å²) >= 11 is 0. The summed E-state index contributed by atoms with van der Waals surface area (Å²) in [5, 5.41) is 9.54. The molecule has 1 aromatic heterocycles. The minimum atomic E-state index is -0.332. The highest BCUT2D eigenvalue weighted by molar-refractivity contribution is 5.80. The van der Waals surface area contributed by atoms with Crippen LogP contribution in [0.1, 0.15) is 17.5 Å². The largest absolute Gasteiger partial charge is 0.423 e. The number of rotatable bonds is 4. The SMILES string of the molecule is Cc1ccc2c(CN(C)CCC#N)cc(=O)oc2c1. The van der Waals surface area contributed by atoms with Crippen LogP contribution in [0.5, 0.6) is 0 Å². The first kappa shape index (κ1) is 13.3. The summed E-state index contributed by atoms with van der Waals surface area (Å²) in [6.07, 6.45) is 0.481. The number of hydrogen-bond donors (Lipinski definition) is 0. The third-order valence-electron chi connectivity index (χ3n) is 3.03. The van der Waals surface area contributed by atoms with Gasteiger partial charge in [0.05, 0.1) is 6.07 Å². The van der Waals surface area contributed by atoms with Crippen molar-refractivity contribution < 1.29 is 4.42 Å². The van der Waals surface area contributed by atoms with E-state index in [-0.39, 0.29) is 5.63 Å². The highest BCUT2D eigenvalue weighted by Crippen LogP contribution is 2.19. The summed E-state index contributed by atoms with van der Waals surface area (Å²) in [6, 6.07) is 9.49. The Morgan fingerprint density at radius 3 is 2.89 bits per heavy atom. The van der Waals surface area contributed by atoms with Gasteiger partial charge in [-0.2, -0.15) is 5.26 Å². The Balaban J connectivity index is 2.37. The number of benzene rings is 1. The van der Waals surface area contributed by atoms with E-state index in [1.165, 1.54) is 6.07 Å². The molecule has 19 heavy (non-hydrogen) atoms. The Morgan fingerprint density at radius 2 is 2.16 bits per heavy atom. The molecule has 0 fully saturated rings. The van der Waals surface area contributed by atoms with Gasteiger partial charge in [0.25, 0.3) is 0 Å². The van der Waals surface area contributed by atoms with Gasteiger partial charge in [-0.05, 0) is 31.2 Å². The molecule has 0 saturated carbocycles. The third-order valence-corrected chi connectivity index (χ3v) is 3.03. The molecule has 2 aromatic rings. The lowest BCUT2D eigenvalue weighted by atomic mass is 10.1. The highest BCUT2D eigenvalue weighted by atomic mass is 16.4. The zero-order chi connectivity index (χ0) is 13.8. The zero-order valence-electron chi connectivity index (χ0n) is 11.1. The molecule has 0 aliphatic heterocycles. The maximum Gasteiger partial charge on any atom is 0.336 e. The van der Waals surface area contributed by atoms with Gasteiger partial charge in [0, 0.05) is 31.0 Å². The van der Waals surface area contributed by atoms with Crippen LogP contribution in [0.15, 0.2) is 33.5 Å². The molecule has 0 atom stereocenters. The van der Waals surface area contributed by atoms with Gasteiger partial charge in [0.2, 0.25) is 0 Å². The van der Waals surface area contributed by atoms with Crippen LogP contribution in [0.4, 0.5) is 0 Å². The van der Waals surface area contributed by atoms with Crippen LogP contribution >= 0.6 is 0 Å². The fraction of sp³-hybridized carbons (Fsp3) is 0.333. The Morgan fingerprint density at radius 1 is 1.37 bits per heavy atom. The average molecular weight is 256 g/mol. The van der Waals surface area contributed by atoms with E-state index >= 15 is 0 Å². The van der Waals surface area contributed by atoms with Gasteiger partial charge >= 0.3 is 5.63 Å². The summed E-state index contributed by atoms with van der Waals surface area (Å²) in [6.45, 7) is 3.28. The van der Waals surface area contributed by atoms with Gasteiger partial charge < -0.3 is 9.32 Å². The lowest BCUT2D eigenvalue weighted by Gasteiger charge is -2.15. The first-order valence-corrected chi connectivity index (χ1v) is 6.19. The van der Waals surface area contributed by atoms with E-state index in [9.17, 15) is 4.79 Å². The smallest absolute Gasteiger partial charge is 0.336 e. The molecular weight excluding hydrogens is 240 g/mol. The Kier molecular flexibility index (Phi) is 3.98. The number of fused-ring (bicyclic) bond motifs is 1. The summed E-state index contributed by atoms with van der Waals surface area (Å²) < 4.78 is 5.22. The van der Waals surface area contributed by atoms with E-state index in [2.05, 4.69) is 6.07 Å². The minimum absolute atomic E-state index is 0.332. The molecule has 0 radical (unpaired) electrons. The van der Waals surface area contributed by atoms with E-state index < -0.39 is 0 Å². The second-order valence-electron chi connectivity index (χ2n) is 4.74. The lowest BCUT2D eigenvalue weighted by Crippen LogP contribution is -2.19. The Labute approximate surface area is 111 Å². The quantitative estimate of drug-likeness (QED) is 0.788. The van der Waals surface area contributed by atoms with Crippen LogP contribution in [-0.4, -0.2) is 18.5 Å². The summed E-state index contributed by atoms with van der Waals surface area (Å²) in [5.74, 6) is 0. The highest BCUT2D eigenvalue weighted by Gasteiger charge is 2.08. The van der Waals surface area contributed by atoms with E-state index in [0.717, 1.165) is 16.5 Å². The van der Waals surface area contributed by atoms with Crippen LogP contribution < -0.4 is 5.63 Å². The van der Waals surface area contributed by atoms with Gasteiger partial charge in [-0.15, -0.1) is 0 Å². The van der Waals surface area contributed by atoms with Gasteiger partial charge in [0.1, 0.15) is 5.58 Å². The molecule has 0 aliphatic rings. The van der Waals surface area contributed by atoms with Gasteiger partial charge in [-0.25, -0.2) is 4.79 Å². The van der Waals surface area contributed by atoms with Crippen LogP contribution in [0.25, 0.3) is 11.0 Å². The van der Waals surface area contributed by atoms with Crippen molar-refractivity contribution >= 4 is 11.0 Å².